The molecule has 2 rings (SSSR count). The Bertz CT molecular complexity index is 871. The molecule has 2 aromatic rings. The van der Waals surface area contributed by atoms with Crippen molar-refractivity contribution < 1.29 is 23.5 Å². The highest BCUT2D eigenvalue weighted by atomic mass is 32.1. The normalized spacial score (nSPS) is 11.6. The number of rotatable bonds is 12. The minimum absolute atomic E-state index is 0.000655. The third-order valence-corrected chi connectivity index (χ3v) is 6.02. The van der Waals surface area contributed by atoms with Gasteiger partial charge in [0.2, 0.25) is 11.8 Å². The van der Waals surface area contributed by atoms with Crippen molar-refractivity contribution in [3.8, 4) is 0 Å². The second-order valence-corrected chi connectivity index (χ2v) is 8.57. The van der Waals surface area contributed by atoms with Gasteiger partial charge >= 0.3 is 5.97 Å². The highest BCUT2D eigenvalue weighted by Crippen LogP contribution is 2.17. The highest BCUT2D eigenvalue weighted by Gasteiger charge is 2.25. The van der Waals surface area contributed by atoms with E-state index in [0.717, 1.165) is 10.4 Å². The van der Waals surface area contributed by atoms with Gasteiger partial charge < -0.3 is 14.5 Å². The standard InChI is InChI=1S/C24H31FN2O4S/c1-4-18(3)27(22(28)12-13-24(30)31-5-2)17-23(29)26(16-21-7-6-14-32-21)15-19-8-10-20(25)11-9-19/h6-11,14,18H,4-5,12-13,15-17H2,1-3H3. The van der Waals surface area contributed by atoms with Gasteiger partial charge in [-0.3, -0.25) is 14.4 Å². The first-order valence-electron chi connectivity index (χ1n) is 10.8. The van der Waals surface area contributed by atoms with E-state index >= 15 is 0 Å². The van der Waals surface area contributed by atoms with E-state index in [9.17, 15) is 18.8 Å². The summed E-state index contributed by atoms with van der Waals surface area (Å²) in [5.74, 6) is -1.21. The lowest BCUT2D eigenvalue weighted by atomic mass is 10.1. The van der Waals surface area contributed by atoms with Crippen molar-refractivity contribution in [2.45, 2.75) is 59.2 Å². The summed E-state index contributed by atoms with van der Waals surface area (Å²) < 4.78 is 18.2. The molecule has 1 aromatic carbocycles. The maximum absolute atomic E-state index is 13.3. The Labute approximate surface area is 193 Å². The van der Waals surface area contributed by atoms with Gasteiger partial charge in [0.1, 0.15) is 12.4 Å². The number of nitrogens with zero attached hydrogens (tertiary/aromatic N) is 2. The van der Waals surface area contributed by atoms with E-state index in [1.54, 1.807) is 35.3 Å². The van der Waals surface area contributed by atoms with Crippen molar-refractivity contribution in [3.63, 3.8) is 0 Å². The molecule has 1 atom stereocenters. The van der Waals surface area contributed by atoms with Crippen LogP contribution in [0.25, 0.3) is 0 Å². The summed E-state index contributed by atoms with van der Waals surface area (Å²) in [6.07, 6.45) is 0.670. The lowest BCUT2D eigenvalue weighted by Gasteiger charge is -2.31. The van der Waals surface area contributed by atoms with Crippen molar-refractivity contribution >= 4 is 29.1 Å². The van der Waals surface area contributed by atoms with Crippen LogP contribution in [0.15, 0.2) is 41.8 Å². The fourth-order valence-electron chi connectivity index (χ4n) is 3.17. The van der Waals surface area contributed by atoms with Crippen molar-refractivity contribution in [2.75, 3.05) is 13.2 Å². The number of carbonyl (C=O) groups excluding carboxylic acids is 3. The van der Waals surface area contributed by atoms with Gasteiger partial charge in [0.05, 0.1) is 19.6 Å². The first-order chi connectivity index (χ1) is 15.3. The molecule has 0 spiro atoms. The summed E-state index contributed by atoms with van der Waals surface area (Å²) in [6.45, 7) is 6.45. The second kappa shape index (κ2) is 13.0. The maximum atomic E-state index is 13.3. The Kier molecular flexibility index (Phi) is 10.3. The Morgan fingerprint density at radius 2 is 1.75 bits per heavy atom. The van der Waals surface area contributed by atoms with Crippen LogP contribution < -0.4 is 0 Å². The summed E-state index contributed by atoms with van der Waals surface area (Å²) in [7, 11) is 0. The lowest BCUT2D eigenvalue weighted by molar-refractivity contribution is -0.147. The molecule has 32 heavy (non-hydrogen) atoms. The van der Waals surface area contributed by atoms with Crippen LogP contribution in [-0.2, 0) is 32.2 Å². The molecule has 0 aliphatic heterocycles. The van der Waals surface area contributed by atoms with Gasteiger partial charge in [0.15, 0.2) is 0 Å². The smallest absolute Gasteiger partial charge is 0.306 e. The highest BCUT2D eigenvalue weighted by molar-refractivity contribution is 7.09. The zero-order valence-electron chi connectivity index (χ0n) is 18.9. The molecule has 0 aliphatic rings. The average Bonchev–Trinajstić information content (AvgIpc) is 3.29. The van der Waals surface area contributed by atoms with Crippen LogP contribution in [0.1, 0.15) is 50.5 Å². The summed E-state index contributed by atoms with van der Waals surface area (Å²) in [5.41, 5.74) is 0.806. The fourth-order valence-corrected chi connectivity index (χ4v) is 3.89. The third kappa shape index (κ3) is 8.07. The van der Waals surface area contributed by atoms with Crippen LogP contribution in [0.2, 0.25) is 0 Å². The maximum Gasteiger partial charge on any atom is 0.306 e. The molecule has 0 N–H and O–H groups in total. The molecular formula is C24H31FN2O4S. The number of amides is 2. The zero-order valence-corrected chi connectivity index (χ0v) is 19.7. The van der Waals surface area contributed by atoms with E-state index in [-0.39, 0.29) is 49.7 Å². The average molecular weight is 463 g/mol. The number of thiophene rings is 1. The molecule has 1 unspecified atom stereocenters. The van der Waals surface area contributed by atoms with Crippen LogP contribution in [0.5, 0.6) is 0 Å². The van der Waals surface area contributed by atoms with Crippen LogP contribution in [0, 0.1) is 5.82 Å². The predicted molar refractivity (Wildman–Crippen MR) is 122 cm³/mol. The fraction of sp³-hybridized carbons (Fsp3) is 0.458. The van der Waals surface area contributed by atoms with Crippen LogP contribution in [0.3, 0.4) is 0 Å². The molecule has 0 bridgehead atoms. The summed E-state index contributed by atoms with van der Waals surface area (Å²) in [4.78, 5) is 42.0. The van der Waals surface area contributed by atoms with Gasteiger partial charge in [-0.2, -0.15) is 0 Å². The molecule has 0 saturated carbocycles. The van der Waals surface area contributed by atoms with Gasteiger partial charge in [0.25, 0.3) is 0 Å². The van der Waals surface area contributed by atoms with Gasteiger partial charge in [0, 0.05) is 23.9 Å². The van der Waals surface area contributed by atoms with Crippen LogP contribution in [-0.4, -0.2) is 46.8 Å². The molecule has 1 heterocycles. The summed E-state index contributed by atoms with van der Waals surface area (Å²) in [5, 5.41) is 1.94. The SMILES string of the molecule is CCOC(=O)CCC(=O)N(CC(=O)N(Cc1ccc(F)cc1)Cc1cccs1)C(C)CC. The van der Waals surface area contributed by atoms with E-state index in [0.29, 0.717) is 19.5 Å². The van der Waals surface area contributed by atoms with Crippen molar-refractivity contribution in [1.82, 2.24) is 9.80 Å². The zero-order chi connectivity index (χ0) is 23.5. The number of ether oxygens (including phenoxy) is 1. The van der Waals surface area contributed by atoms with E-state index in [1.807, 2.05) is 31.4 Å². The molecule has 0 saturated heterocycles. The third-order valence-electron chi connectivity index (χ3n) is 5.16. The number of hydrogen-bond acceptors (Lipinski definition) is 5. The number of esters is 1. The number of halogens is 1. The molecule has 2 amide bonds. The quantitative estimate of drug-likeness (QED) is 0.439. The first kappa shape index (κ1) is 25.5. The largest absolute Gasteiger partial charge is 0.466 e. The minimum Gasteiger partial charge on any atom is -0.466 e. The first-order valence-corrected chi connectivity index (χ1v) is 11.7. The van der Waals surface area contributed by atoms with Gasteiger partial charge in [-0.15, -0.1) is 11.3 Å². The van der Waals surface area contributed by atoms with Crippen molar-refractivity contribution in [3.05, 3.63) is 58.0 Å². The van der Waals surface area contributed by atoms with E-state index < -0.39 is 5.97 Å². The molecule has 0 radical (unpaired) electrons. The number of hydrogen-bond donors (Lipinski definition) is 0. The van der Waals surface area contributed by atoms with Gasteiger partial charge in [-0.1, -0.05) is 25.1 Å². The molecule has 1 aromatic heterocycles. The Balaban J connectivity index is 2.13. The topological polar surface area (TPSA) is 66.9 Å². The molecular weight excluding hydrogens is 431 g/mol. The van der Waals surface area contributed by atoms with E-state index in [2.05, 4.69) is 0 Å². The molecule has 174 valence electrons. The van der Waals surface area contributed by atoms with Crippen molar-refractivity contribution in [2.24, 2.45) is 0 Å². The molecule has 8 heteroatoms. The minimum atomic E-state index is -0.424. The van der Waals surface area contributed by atoms with Gasteiger partial charge in [-0.25, -0.2) is 4.39 Å². The second-order valence-electron chi connectivity index (χ2n) is 7.54. The number of carbonyl (C=O) groups is 3. The Hall–Kier alpha value is -2.74. The van der Waals surface area contributed by atoms with Gasteiger partial charge in [-0.05, 0) is 49.4 Å². The Morgan fingerprint density at radius 1 is 1.03 bits per heavy atom. The molecule has 6 nitrogen and oxygen atoms in total. The van der Waals surface area contributed by atoms with E-state index in [4.69, 9.17) is 4.74 Å². The lowest BCUT2D eigenvalue weighted by Crippen LogP contribution is -2.46. The molecule has 0 fully saturated rings. The Morgan fingerprint density at radius 3 is 2.34 bits per heavy atom. The predicted octanol–water partition coefficient (Wildman–Crippen LogP) is 4.39. The van der Waals surface area contributed by atoms with Crippen molar-refractivity contribution in [1.29, 1.82) is 0 Å². The summed E-state index contributed by atoms with van der Waals surface area (Å²) in [6, 6.07) is 9.77. The van der Waals surface area contributed by atoms with Crippen LogP contribution >= 0.6 is 11.3 Å². The summed E-state index contributed by atoms with van der Waals surface area (Å²) >= 11 is 1.55. The monoisotopic (exact) mass is 462 g/mol. The van der Waals surface area contributed by atoms with E-state index in [1.165, 1.54) is 17.0 Å². The number of benzene rings is 1. The molecule has 0 aliphatic carbocycles. The van der Waals surface area contributed by atoms with Crippen LogP contribution in [0.4, 0.5) is 4.39 Å².